The predicted octanol–water partition coefficient (Wildman–Crippen LogP) is 4.82. The molecule has 0 radical (unpaired) electrons. The molecule has 5 heteroatoms. The van der Waals surface area contributed by atoms with E-state index in [-0.39, 0.29) is 28.8 Å². The minimum Gasteiger partial charge on any atom is -0.338 e. The lowest BCUT2D eigenvalue weighted by atomic mass is 9.48. The summed E-state index contributed by atoms with van der Waals surface area (Å²) in [7, 11) is 1.98. The zero-order valence-electron chi connectivity index (χ0n) is 18.9. The van der Waals surface area contributed by atoms with Crippen LogP contribution in [0.2, 0.25) is 0 Å². The van der Waals surface area contributed by atoms with Gasteiger partial charge in [-0.1, -0.05) is 38.1 Å². The first-order valence-electron chi connectivity index (χ1n) is 11.9. The molecule has 0 spiro atoms. The van der Waals surface area contributed by atoms with E-state index in [0.29, 0.717) is 23.8 Å². The van der Waals surface area contributed by atoms with Crippen molar-refractivity contribution in [3.05, 3.63) is 42.5 Å². The number of carbonyl (C=O) groups is 2. The second kappa shape index (κ2) is 7.39. The highest BCUT2D eigenvalue weighted by atomic mass is 16.2. The molecule has 1 aromatic rings. The van der Waals surface area contributed by atoms with Gasteiger partial charge in [-0.2, -0.15) is 0 Å². The molecule has 5 nitrogen and oxygen atoms in total. The van der Waals surface area contributed by atoms with Gasteiger partial charge >= 0.3 is 6.03 Å². The normalized spacial score (nSPS) is 41.2. The minimum absolute atomic E-state index is 0.0725. The first-order chi connectivity index (χ1) is 14.8. The number of urea groups is 1. The number of rotatable bonds is 2. The molecule has 5 unspecified atom stereocenters. The first-order valence-corrected chi connectivity index (χ1v) is 11.9. The van der Waals surface area contributed by atoms with Crippen LogP contribution in [0.4, 0.5) is 10.5 Å². The predicted molar refractivity (Wildman–Crippen MR) is 122 cm³/mol. The van der Waals surface area contributed by atoms with Crippen molar-refractivity contribution >= 4 is 17.6 Å². The number of likely N-dealkylation sites (N-methyl/N-ethyl adjacent to an activating group) is 1. The number of fused-ring (bicyclic) bond motifs is 5. The van der Waals surface area contributed by atoms with Gasteiger partial charge in [0.05, 0.1) is 0 Å². The molecule has 31 heavy (non-hydrogen) atoms. The lowest BCUT2D eigenvalue weighted by molar-refractivity contribution is -0.138. The number of nitrogens with zero attached hydrogens (tertiary/aromatic N) is 1. The monoisotopic (exact) mass is 421 g/mol. The minimum atomic E-state index is -0.0915. The van der Waals surface area contributed by atoms with Crippen LogP contribution in [0.1, 0.15) is 52.4 Å². The third-order valence-electron chi connectivity index (χ3n) is 9.46. The van der Waals surface area contributed by atoms with Gasteiger partial charge in [-0.15, -0.1) is 0 Å². The van der Waals surface area contributed by atoms with E-state index < -0.39 is 0 Å². The van der Waals surface area contributed by atoms with Crippen molar-refractivity contribution in [1.82, 2.24) is 10.2 Å². The largest absolute Gasteiger partial charge is 0.338 e. The number of benzene rings is 1. The number of nitrogens with one attached hydrogen (secondary N) is 2. The Morgan fingerprint density at radius 3 is 2.58 bits per heavy atom. The van der Waals surface area contributed by atoms with Gasteiger partial charge in [-0.3, -0.25) is 4.79 Å². The van der Waals surface area contributed by atoms with E-state index in [4.69, 9.17) is 0 Å². The smallest absolute Gasteiger partial charge is 0.319 e. The number of amides is 3. The lowest BCUT2D eigenvalue weighted by Gasteiger charge is -2.60. The van der Waals surface area contributed by atoms with E-state index in [9.17, 15) is 9.59 Å². The summed E-state index contributed by atoms with van der Waals surface area (Å²) in [4.78, 5) is 26.9. The zero-order valence-corrected chi connectivity index (χ0v) is 18.9. The second-order valence-corrected chi connectivity index (χ2v) is 10.8. The van der Waals surface area contributed by atoms with Crippen LogP contribution in [0.25, 0.3) is 0 Å². The van der Waals surface area contributed by atoms with E-state index in [2.05, 4.69) is 30.6 Å². The fourth-order valence-corrected chi connectivity index (χ4v) is 7.82. The fourth-order valence-electron chi connectivity index (χ4n) is 7.82. The van der Waals surface area contributed by atoms with Crippen molar-refractivity contribution in [2.24, 2.45) is 28.6 Å². The molecule has 4 aliphatic rings. The van der Waals surface area contributed by atoms with Crippen LogP contribution < -0.4 is 10.6 Å². The Morgan fingerprint density at radius 1 is 1.03 bits per heavy atom. The van der Waals surface area contributed by atoms with E-state index in [1.165, 1.54) is 19.3 Å². The quantitative estimate of drug-likeness (QED) is 0.719. The molecule has 3 amide bonds. The molecule has 2 N–H and O–H groups in total. The molecule has 1 aromatic carbocycles. The van der Waals surface area contributed by atoms with E-state index in [0.717, 1.165) is 24.9 Å². The standard InChI is InChI=1S/C26H35N3O2/c1-25-15-13-20-18(9-12-22-26(20,2)16-14-23(30)29(22)3)19(25)10-11-21(25)28-24(31)27-17-7-5-4-6-8-17/h4-8,14,16,18-22H,9-13,15H2,1-3H3,(H2,27,28,31)/t18?,19?,20?,21?,22?,25-,26+/m0/s1. The van der Waals surface area contributed by atoms with Gasteiger partial charge in [0, 0.05) is 30.2 Å². The second-order valence-electron chi connectivity index (χ2n) is 10.8. The Balaban J connectivity index is 1.32. The summed E-state index contributed by atoms with van der Waals surface area (Å²) in [5.41, 5.74) is 1.05. The number of anilines is 1. The van der Waals surface area contributed by atoms with Gasteiger partial charge in [-0.05, 0) is 79.9 Å². The van der Waals surface area contributed by atoms with Crippen molar-refractivity contribution in [2.45, 2.75) is 64.5 Å². The van der Waals surface area contributed by atoms with Crippen molar-refractivity contribution in [3.63, 3.8) is 0 Å². The highest BCUT2D eigenvalue weighted by Crippen LogP contribution is 2.63. The Hall–Kier alpha value is -2.30. The summed E-state index contributed by atoms with van der Waals surface area (Å²) in [6.07, 6.45) is 10.9. The van der Waals surface area contributed by atoms with Gasteiger partial charge in [0.2, 0.25) is 5.91 Å². The Bertz CT molecular complexity index is 899. The molecule has 5 rings (SSSR count). The topological polar surface area (TPSA) is 61.4 Å². The van der Waals surface area contributed by atoms with Crippen molar-refractivity contribution in [2.75, 3.05) is 12.4 Å². The molecular weight excluding hydrogens is 386 g/mol. The van der Waals surface area contributed by atoms with Gasteiger partial charge in [0.15, 0.2) is 0 Å². The zero-order chi connectivity index (χ0) is 21.8. The molecule has 1 heterocycles. The Morgan fingerprint density at radius 2 is 1.81 bits per heavy atom. The summed E-state index contributed by atoms with van der Waals surface area (Å²) in [6, 6.07) is 10.1. The van der Waals surface area contributed by atoms with Crippen LogP contribution in [-0.2, 0) is 4.79 Å². The summed E-state index contributed by atoms with van der Waals surface area (Å²) in [5.74, 6) is 2.08. The van der Waals surface area contributed by atoms with Crippen molar-refractivity contribution < 1.29 is 9.59 Å². The van der Waals surface area contributed by atoms with Crippen LogP contribution in [-0.4, -0.2) is 36.0 Å². The molecule has 0 bridgehead atoms. The fraction of sp³-hybridized carbons (Fsp3) is 0.615. The molecular formula is C26H35N3O2. The third kappa shape index (κ3) is 3.19. The molecule has 7 atom stereocenters. The van der Waals surface area contributed by atoms with Gasteiger partial charge in [-0.25, -0.2) is 4.79 Å². The maximum atomic E-state index is 12.7. The summed E-state index contributed by atoms with van der Waals surface area (Å²) >= 11 is 0. The maximum Gasteiger partial charge on any atom is 0.319 e. The van der Waals surface area contributed by atoms with Crippen molar-refractivity contribution in [3.8, 4) is 0 Å². The molecule has 166 valence electrons. The van der Waals surface area contributed by atoms with Crippen molar-refractivity contribution in [1.29, 1.82) is 0 Å². The van der Waals surface area contributed by atoms with Crippen LogP contribution in [0.5, 0.6) is 0 Å². The summed E-state index contributed by atoms with van der Waals surface area (Å²) < 4.78 is 0. The molecule has 3 fully saturated rings. The number of para-hydroxylation sites is 1. The Labute approximate surface area is 185 Å². The van der Waals surface area contributed by atoms with Crippen LogP contribution in [0.15, 0.2) is 42.5 Å². The van der Waals surface area contributed by atoms with E-state index >= 15 is 0 Å². The van der Waals surface area contributed by atoms with Crippen LogP contribution in [0.3, 0.4) is 0 Å². The molecule has 3 saturated carbocycles. The van der Waals surface area contributed by atoms with Gasteiger partial charge in [0.1, 0.15) is 0 Å². The number of hydrogen-bond acceptors (Lipinski definition) is 2. The van der Waals surface area contributed by atoms with Gasteiger partial charge in [0.25, 0.3) is 0 Å². The molecule has 0 aromatic heterocycles. The summed E-state index contributed by atoms with van der Waals surface area (Å²) in [5, 5.41) is 6.32. The highest BCUT2D eigenvalue weighted by Gasteiger charge is 2.60. The van der Waals surface area contributed by atoms with E-state index in [1.54, 1.807) is 6.08 Å². The van der Waals surface area contributed by atoms with Crippen LogP contribution >= 0.6 is 0 Å². The molecule has 1 aliphatic heterocycles. The SMILES string of the molecule is CN1C(=O)C=C[C@]2(C)C3CC[C@]4(C)C(NC(=O)Nc5ccccc5)CCC4C3CCC12. The van der Waals surface area contributed by atoms with E-state index in [1.807, 2.05) is 42.3 Å². The van der Waals surface area contributed by atoms with Gasteiger partial charge < -0.3 is 15.5 Å². The molecule has 0 saturated heterocycles. The highest BCUT2D eigenvalue weighted by molar-refractivity contribution is 5.89. The first kappa shape index (κ1) is 20.6. The number of carbonyl (C=O) groups excluding carboxylic acids is 2. The summed E-state index contributed by atoms with van der Waals surface area (Å²) in [6.45, 7) is 4.80. The van der Waals surface area contributed by atoms with Crippen LogP contribution in [0, 0.1) is 28.6 Å². The third-order valence-corrected chi connectivity index (χ3v) is 9.46. The lowest BCUT2D eigenvalue weighted by Crippen LogP contribution is -2.60. The average molecular weight is 422 g/mol. The molecule has 3 aliphatic carbocycles. The Kier molecular flexibility index (Phi) is 4.91. The average Bonchev–Trinajstić information content (AvgIpc) is 3.08. The number of hydrogen-bond donors (Lipinski definition) is 2. The maximum absolute atomic E-state index is 12.7.